The first kappa shape index (κ1) is 15.4. The van der Waals surface area contributed by atoms with Gasteiger partial charge in [0.2, 0.25) is 0 Å². The molecule has 21 heavy (non-hydrogen) atoms. The molecule has 1 saturated heterocycles. The van der Waals surface area contributed by atoms with Crippen molar-refractivity contribution >= 4 is 11.8 Å². The van der Waals surface area contributed by atoms with Gasteiger partial charge in [0, 0.05) is 32.5 Å². The van der Waals surface area contributed by atoms with Crippen molar-refractivity contribution in [3.8, 4) is 0 Å². The molecule has 1 aliphatic rings. The number of amides is 2. The lowest BCUT2D eigenvalue weighted by atomic mass is 9.96. The maximum atomic E-state index is 11.4. The topological polar surface area (TPSA) is 74.3 Å². The van der Waals surface area contributed by atoms with E-state index in [4.69, 9.17) is 0 Å². The number of piperidine rings is 1. The van der Waals surface area contributed by atoms with Crippen LogP contribution in [0, 0.1) is 5.92 Å². The van der Waals surface area contributed by atoms with E-state index in [0.717, 1.165) is 32.5 Å². The van der Waals surface area contributed by atoms with E-state index in [0.29, 0.717) is 12.5 Å². The highest BCUT2D eigenvalue weighted by Gasteiger charge is 2.20. The minimum Gasteiger partial charge on any atom is -0.351 e. The Morgan fingerprint density at radius 2 is 2.10 bits per heavy atom. The summed E-state index contributed by atoms with van der Waals surface area (Å²) in [7, 11) is 1.46. The number of hydrogen-bond donors (Lipinski definition) is 2. The van der Waals surface area contributed by atoms with Gasteiger partial charge in [0.25, 0.3) is 0 Å². The molecule has 2 amide bonds. The van der Waals surface area contributed by atoms with E-state index in [1.807, 2.05) is 12.3 Å². The molecule has 0 radical (unpaired) electrons. The van der Waals surface area contributed by atoms with Crippen LogP contribution in [0.2, 0.25) is 0 Å². The molecule has 0 aromatic carbocycles. The monoisotopic (exact) mass is 290 g/mol. The van der Waals surface area contributed by atoms with E-state index in [-0.39, 0.29) is 0 Å². The molecule has 114 valence electrons. The summed E-state index contributed by atoms with van der Waals surface area (Å²) >= 11 is 0. The molecule has 1 aliphatic heterocycles. The number of likely N-dealkylation sites (tertiary alicyclic amines) is 1. The Morgan fingerprint density at radius 1 is 1.33 bits per heavy atom. The molecule has 2 heterocycles. The summed E-state index contributed by atoms with van der Waals surface area (Å²) in [4.78, 5) is 29.0. The Balaban J connectivity index is 1.69. The lowest BCUT2D eigenvalue weighted by Gasteiger charge is -2.31. The zero-order chi connectivity index (χ0) is 15.1. The summed E-state index contributed by atoms with van der Waals surface area (Å²) in [6.45, 7) is 3.52. The van der Waals surface area contributed by atoms with Crippen molar-refractivity contribution in [3.63, 3.8) is 0 Å². The van der Waals surface area contributed by atoms with Crippen LogP contribution in [0.15, 0.2) is 24.5 Å². The zero-order valence-electron chi connectivity index (χ0n) is 12.3. The average molecular weight is 290 g/mol. The Hall–Kier alpha value is -1.95. The number of aromatic nitrogens is 1. The summed E-state index contributed by atoms with van der Waals surface area (Å²) in [6, 6.07) is 4.04. The summed E-state index contributed by atoms with van der Waals surface area (Å²) in [5.74, 6) is -0.678. The molecule has 2 rings (SSSR count). The zero-order valence-corrected chi connectivity index (χ0v) is 12.3. The van der Waals surface area contributed by atoms with E-state index in [2.05, 4.69) is 26.6 Å². The average Bonchev–Trinajstić information content (AvgIpc) is 2.54. The number of carbonyl (C=O) groups is 2. The molecule has 6 nitrogen and oxygen atoms in total. The molecule has 6 heteroatoms. The summed E-state index contributed by atoms with van der Waals surface area (Å²) in [5, 5.41) is 5.01. The molecule has 1 aromatic rings. The first-order chi connectivity index (χ1) is 10.2. The number of pyridine rings is 1. The van der Waals surface area contributed by atoms with Crippen molar-refractivity contribution in [2.24, 2.45) is 5.92 Å². The second-order valence-electron chi connectivity index (χ2n) is 5.37. The second kappa shape index (κ2) is 7.73. The number of hydrogen-bond acceptors (Lipinski definition) is 4. The van der Waals surface area contributed by atoms with Gasteiger partial charge in [-0.3, -0.25) is 19.5 Å². The quantitative estimate of drug-likeness (QED) is 0.775. The van der Waals surface area contributed by atoms with Gasteiger partial charge >= 0.3 is 11.8 Å². The fourth-order valence-corrected chi connectivity index (χ4v) is 2.53. The van der Waals surface area contributed by atoms with Crippen LogP contribution in [0.5, 0.6) is 0 Å². The van der Waals surface area contributed by atoms with Gasteiger partial charge < -0.3 is 10.6 Å². The van der Waals surface area contributed by atoms with E-state index in [9.17, 15) is 9.59 Å². The van der Waals surface area contributed by atoms with E-state index in [1.165, 1.54) is 12.6 Å². The Morgan fingerprint density at radius 3 is 2.71 bits per heavy atom. The third-order valence-corrected chi connectivity index (χ3v) is 3.82. The number of nitrogens with zero attached hydrogens (tertiary/aromatic N) is 2. The fourth-order valence-electron chi connectivity index (χ4n) is 2.53. The van der Waals surface area contributed by atoms with Crippen molar-refractivity contribution in [1.29, 1.82) is 0 Å². The van der Waals surface area contributed by atoms with Gasteiger partial charge in [-0.1, -0.05) is 6.07 Å². The summed E-state index contributed by atoms with van der Waals surface area (Å²) in [5.41, 5.74) is 1.23. The lowest BCUT2D eigenvalue weighted by Crippen LogP contribution is -2.42. The molecule has 0 unspecified atom stereocenters. The summed E-state index contributed by atoms with van der Waals surface area (Å²) < 4.78 is 0. The van der Waals surface area contributed by atoms with Crippen LogP contribution >= 0.6 is 0 Å². The normalized spacial score (nSPS) is 16.4. The number of nitrogens with one attached hydrogen (secondary N) is 2. The first-order valence-electron chi connectivity index (χ1n) is 7.30. The van der Waals surface area contributed by atoms with Crippen LogP contribution in [-0.2, 0) is 16.1 Å². The summed E-state index contributed by atoms with van der Waals surface area (Å²) in [6.07, 6.45) is 5.75. The van der Waals surface area contributed by atoms with Crippen molar-refractivity contribution < 1.29 is 9.59 Å². The SMILES string of the molecule is CNC(=O)C(=O)NCC1CCN(Cc2cccnc2)CC1. The second-order valence-corrected chi connectivity index (χ2v) is 5.37. The molecule has 1 fully saturated rings. The van der Waals surface area contributed by atoms with Gasteiger partial charge in [0.1, 0.15) is 0 Å². The van der Waals surface area contributed by atoms with Crippen LogP contribution in [0.25, 0.3) is 0 Å². The molecule has 0 atom stereocenters. The van der Waals surface area contributed by atoms with Crippen LogP contribution in [-0.4, -0.2) is 48.4 Å². The highest BCUT2D eigenvalue weighted by Crippen LogP contribution is 2.18. The van der Waals surface area contributed by atoms with Crippen LogP contribution in [0.1, 0.15) is 18.4 Å². The standard InChI is InChI=1S/C15H22N4O2/c1-16-14(20)15(21)18-10-12-4-7-19(8-5-12)11-13-3-2-6-17-9-13/h2-3,6,9,12H,4-5,7-8,10-11H2,1H3,(H,16,20)(H,18,21). The highest BCUT2D eigenvalue weighted by molar-refractivity contribution is 6.34. The van der Waals surface area contributed by atoms with Crippen molar-refractivity contribution in [2.75, 3.05) is 26.7 Å². The molecule has 1 aromatic heterocycles. The minimum atomic E-state index is -0.580. The van der Waals surface area contributed by atoms with Crippen molar-refractivity contribution in [2.45, 2.75) is 19.4 Å². The third-order valence-electron chi connectivity index (χ3n) is 3.82. The van der Waals surface area contributed by atoms with E-state index >= 15 is 0 Å². The van der Waals surface area contributed by atoms with E-state index < -0.39 is 11.8 Å². The van der Waals surface area contributed by atoms with Crippen LogP contribution < -0.4 is 10.6 Å². The van der Waals surface area contributed by atoms with Crippen LogP contribution in [0.3, 0.4) is 0 Å². The van der Waals surface area contributed by atoms with Gasteiger partial charge in [-0.05, 0) is 43.5 Å². The smallest absolute Gasteiger partial charge is 0.309 e. The molecular formula is C15H22N4O2. The molecule has 0 bridgehead atoms. The Labute approximate surface area is 124 Å². The predicted molar refractivity (Wildman–Crippen MR) is 79.3 cm³/mol. The van der Waals surface area contributed by atoms with Gasteiger partial charge in [0.05, 0.1) is 0 Å². The Kier molecular flexibility index (Phi) is 5.68. The van der Waals surface area contributed by atoms with Crippen molar-refractivity contribution in [3.05, 3.63) is 30.1 Å². The van der Waals surface area contributed by atoms with E-state index in [1.54, 1.807) is 6.20 Å². The third kappa shape index (κ3) is 4.82. The molecule has 0 spiro atoms. The van der Waals surface area contributed by atoms with Gasteiger partial charge in [0.15, 0.2) is 0 Å². The first-order valence-corrected chi connectivity index (χ1v) is 7.30. The molecular weight excluding hydrogens is 268 g/mol. The number of rotatable bonds is 4. The number of likely N-dealkylation sites (N-methyl/N-ethyl adjacent to an activating group) is 1. The highest BCUT2D eigenvalue weighted by atomic mass is 16.2. The van der Waals surface area contributed by atoms with Gasteiger partial charge in [-0.2, -0.15) is 0 Å². The largest absolute Gasteiger partial charge is 0.351 e. The fraction of sp³-hybridized carbons (Fsp3) is 0.533. The minimum absolute atomic E-state index is 0.448. The maximum Gasteiger partial charge on any atom is 0.309 e. The lowest BCUT2D eigenvalue weighted by molar-refractivity contribution is -0.139. The predicted octanol–water partition coefficient (Wildman–Crippen LogP) is 0.156. The van der Waals surface area contributed by atoms with Gasteiger partial charge in [-0.25, -0.2) is 0 Å². The maximum absolute atomic E-state index is 11.4. The van der Waals surface area contributed by atoms with Crippen molar-refractivity contribution in [1.82, 2.24) is 20.5 Å². The van der Waals surface area contributed by atoms with Crippen LogP contribution in [0.4, 0.5) is 0 Å². The van der Waals surface area contributed by atoms with Gasteiger partial charge in [-0.15, -0.1) is 0 Å². The molecule has 0 saturated carbocycles. The molecule has 0 aliphatic carbocycles. The molecule has 2 N–H and O–H groups in total. The Bertz CT molecular complexity index is 470. The number of carbonyl (C=O) groups excluding carboxylic acids is 2.